The van der Waals surface area contributed by atoms with Crippen molar-refractivity contribution >= 4 is 0 Å². The maximum atomic E-state index is 13.1. The number of rotatable bonds is 3. The van der Waals surface area contributed by atoms with Crippen LogP contribution in [0.25, 0.3) is 0 Å². The molecule has 1 heterocycles. The molecule has 0 bridgehead atoms. The van der Waals surface area contributed by atoms with Crippen LogP contribution in [0.3, 0.4) is 0 Å². The zero-order valence-electron chi connectivity index (χ0n) is 8.44. The van der Waals surface area contributed by atoms with E-state index in [0.717, 1.165) is 25.7 Å². The summed E-state index contributed by atoms with van der Waals surface area (Å²) in [7, 11) is 2.05. The van der Waals surface area contributed by atoms with Crippen molar-refractivity contribution in [2.24, 2.45) is 0 Å². The van der Waals surface area contributed by atoms with Gasteiger partial charge in [0.1, 0.15) is 6.17 Å². The van der Waals surface area contributed by atoms with Gasteiger partial charge in [0, 0.05) is 12.1 Å². The average Bonchev–Trinajstić information content (AvgIpc) is 2.28. The van der Waals surface area contributed by atoms with Gasteiger partial charge < -0.3 is 0 Å². The van der Waals surface area contributed by atoms with E-state index < -0.39 is 6.17 Å². The molecule has 0 amide bonds. The lowest BCUT2D eigenvalue weighted by molar-refractivity contribution is 0.153. The summed E-state index contributed by atoms with van der Waals surface area (Å²) >= 11 is 0. The Morgan fingerprint density at radius 2 is 2.17 bits per heavy atom. The van der Waals surface area contributed by atoms with Crippen molar-refractivity contribution in [3.05, 3.63) is 0 Å². The van der Waals surface area contributed by atoms with Crippen LogP contribution >= 0.6 is 0 Å². The van der Waals surface area contributed by atoms with Crippen LogP contribution < -0.4 is 0 Å². The molecule has 0 aromatic heterocycles. The van der Waals surface area contributed by atoms with Crippen molar-refractivity contribution in [2.45, 2.75) is 51.2 Å². The van der Waals surface area contributed by atoms with Crippen molar-refractivity contribution in [3.63, 3.8) is 0 Å². The summed E-state index contributed by atoms with van der Waals surface area (Å²) in [6.45, 7) is 4.98. The highest BCUT2D eigenvalue weighted by molar-refractivity contribution is 4.96. The number of nitrogens with zero attached hydrogens (tertiary/aromatic N) is 1. The van der Waals surface area contributed by atoms with Crippen molar-refractivity contribution in [1.82, 2.24) is 4.90 Å². The van der Waals surface area contributed by atoms with Crippen LogP contribution in [0.5, 0.6) is 0 Å². The van der Waals surface area contributed by atoms with E-state index in [0.29, 0.717) is 6.54 Å². The van der Waals surface area contributed by atoms with E-state index in [2.05, 4.69) is 25.8 Å². The van der Waals surface area contributed by atoms with Gasteiger partial charge in [-0.25, -0.2) is 4.39 Å². The van der Waals surface area contributed by atoms with Crippen molar-refractivity contribution in [1.29, 1.82) is 0 Å². The number of hydrogen-bond donors (Lipinski definition) is 0. The highest BCUT2D eigenvalue weighted by Crippen LogP contribution is 2.36. The quantitative estimate of drug-likeness (QED) is 0.634. The fraction of sp³-hybridized carbons (Fsp3) is 1.00. The molecule has 0 aliphatic carbocycles. The highest BCUT2D eigenvalue weighted by Gasteiger charge is 2.41. The minimum atomic E-state index is -0.596. The first-order valence-electron chi connectivity index (χ1n) is 5.00. The topological polar surface area (TPSA) is 3.24 Å². The summed E-state index contributed by atoms with van der Waals surface area (Å²) < 4.78 is 13.1. The maximum Gasteiger partial charge on any atom is 0.115 e. The Labute approximate surface area is 74.9 Å². The Bertz CT molecular complexity index is 149. The Morgan fingerprint density at radius 3 is 2.50 bits per heavy atom. The zero-order chi connectivity index (χ0) is 9.19. The molecule has 2 unspecified atom stereocenters. The van der Waals surface area contributed by atoms with E-state index in [9.17, 15) is 4.39 Å². The lowest BCUT2D eigenvalue weighted by atomic mass is 9.88. The summed E-state index contributed by atoms with van der Waals surface area (Å²) in [6.07, 6.45) is 3.53. The van der Waals surface area contributed by atoms with Gasteiger partial charge in [-0.15, -0.1) is 0 Å². The van der Waals surface area contributed by atoms with Gasteiger partial charge in [0.15, 0.2) is 0 Å². The molecule has 2 heteroatoms. The molecule has 0 saturated carbocycles. The average molecular weight is 173 g/mol. The second kappa shape index (κ2) is 3.73. The third-order valence-corrected chi connectivity index (χ3v) is 3.26. The van der Waals surface area contributed by atoms with Gasteiger partial charge in [0.05, 0.1) is 0 Å². The zero-order valence-corrected chi connectivity index (χ0v) is 8.44. The van der Waals surface area contributed by atoms with Gasteiger partial charge in [-0.1, -0.05) is 20.3 Å². The van der Waals surface area contributed by atoms with E-state index >= 15 is 0 Å². The molecule has 1 rings (SSSR count). The van der Waals surface area contributed by atoms with Crippen LogP contribution in [0.1, 0.15) is 39.5 Å². The van der Waals surface area contributed by atoms with Crippen LogP contribution in [0.2, 0.25) is 0 Å². The molecule has 1 aliphatic heterocycles. The van der Waals surface area contributed by atoms with Crippen LogP contribution in [0.4, 0.5) is 4.39 Å². The van der Waals surface area contributed by atoms with E-state index in [1.54, 1.807) is 0 Å². The van der Waals surface area contributed by atoms with Gasteiger partial charge in [0.25, 0.3) is 0 Å². The van der Waals surface area contributed by atoms with Gasteiger partial charge in [-0.05, 0) is 26.3 Å². The molecule has 1 nitrogen and oxygen atoms in total. The lowest BCUT2D eigenvalue weighted by Crippen LogP contribution is -2.40. The van der Waals surface area contributed by atoms with E-state index in [-0.39, 0.29) is 5.54 Å². The molecule has 1 fully saturated rings. The minimum absolute atomic E-state index is 0.175. The Balaban J connectivity index is 2.65. The van der Waals surface area contributed by atoms with Crippen LogP contribution in [-0.2, 0) is 0 Å². The van der Waals surface area contributed by atoms with Crippen LogP contribution in [0.15, 0.2) is 0 Å². The number of hydrogen-bond acceptors (Lipinski definition) is 1. The Morgan fingerprint density at radius 1 is 1.50 bits per heavy atom. The first kappa shape index (κ1) is 9.97. The van der Waals surface area contributed by atoms with E-state index in [1.807, 2.05) is 0 Å². The second-order valence-electron chi connectivity index (χ2n) is 4.01. The molecular weight excluding hydrogens is 153 g/mol. The summed E-state index contributed by atoms with van der Waals surface area (Å²) in [4.78, 5) is 2.21. The van der Waals surface area contributed by atoms with Crippen molar-refractivity contribution in [3.8, 4) is 0 Å². The Kier molecular flexibility index (Phi) is 3.10. The molecule has 0 N–H and O–H groups in total. The summed E-state index contributed by atoms with van der Waals surface area (Å²) in [6, 6.07) is 0. The number of likely N-dealkylation sites (tertiary alicyclic amines) is 1. The molecule has 0 aromatic carbocycles. The van der Waals surface area contributed by atoms with Gasteiger partial charge >= 0.3 is 0 Å². The third kappa shape index (κ3) is 1.63. The molecule has 1 aliphatic rings. The largest absolute Gasteiger partial charge is 0.298 e. The van der Waals surface area contributed by atoms with E-state index in [1.165, 1.54) is 0 Å². The van der Waals surface area contributed by atoms with Crippen molar-refractivity contribution in [2.75, 3.05) is 13.6 Å². The first-order chi connectivity index (χ1) is 5.64. The second-order valence-corrected chi connectivity index (χ2v) is 4.01. The summed E-state index contributed by atoms with van der Waals surface area (Å²) in [5, 5.41) is 0. The molecule has 72 valence electrons. The highest BCUT2D eigenvalue weighted by atomic mass is 19.1. The summed E-state index contributed by atoms with van der Waals surface area (Å²) in [5.41, 5.74) is 0.175. The first-order valence-corrected chi connectivity index (χ1v) is 5.00. The molecule has 0 radical (unpaired) electrons. The Hall–Kier alpha value is -0.110. The summed E-state index contributed by atoms with van der Waals surface area (Å²) in [5.74, 6) is 0. The normalized spacial score (nSPS) is 37.5. The molecule has 0 spiro atoms. The predicted octanol–water partition coefficient (Wildman–Crippen LogP) is 2.61. The molecule has 2 atom stereocenters. The number of halogens is 1. The van der Waals surface area contributed by atoms with Crippen LogP contribution in [0, 0.1) is 0 Å². The van der Waals surface area contributed by atoms with Gasteiger partial charge in [-0.2, -0.15) is 0 Å². The van der Waals surface area contributed by atoms with Crippen molar-refractivity contribution < 1.29 is 4.39 Å². The fourth-order valence-electron chi connectivity index (χ4n) is 2.47. The maximum absolute atomic E-state index is 13.1. The monoisotopic (exact) mass is 173 g/mol. The molecule has 1 saturated heterocycles. The lowest BCUT2D eigenvalue weighted by Gasteiger charge is -2.34. The minimum Gasteiger partial charge on any atom is -0.298 e. The van der Waals surface area contributed by atoms with Gasteiger partial charge in [0.2, 0.25) is 0 Å². The smallest absolute Gasteiger partial charge is 0.115 e. The fourth-order valence-corrected chi connectivity index (χ4v) is 2.47. The number of alkyl halides is 1. The standard InChI is InChI=1S/C10H20FN/c1-4-6-10(5-2)7-9(11)8-12(10)3/h9H,4-8H2,1-3H3. The molecule has 0 aromatic rings. The molecule has 12 heavy (non-hydrogen) atoms. The molecular formula is C10H20FN. The predicted molar refractivity (Wildman–Crippen MR) is 50.1 cm³/mol. The third-order valence-electron chi connectivity index (χ3n) is 3.26. The van der Waals surface area contributed by atoms with Gasteiger partial charge in [-0.3, -0.25) is 4.90 Å². The van der Waals surface area contributed by atoms with E-state index in [4.69, 9.17) is 0 Å². The SMILES string of the molecule is CCCC1(CC)CC(F)CN1C. The van der Waals surface area contributed by atoms with Crippen LogP contribution in [-0.4, -0.2) is 30.2 Å².